The van der Waals surface area contributed by atoms with Crippen molar-refractivity contribution >= 4 is 23.4 Å². The van der Waals surface area contributed by atoms with Gasteiger partial charge in [0, 0.05) is 5.56 Å². The number of aryl methyl sites for hydroxylation is 2. The molecule has 0 bridgehead atoms. The van der Waals surface area contributed by atoms with Crippen molar-refractivity contribution in [2.45, 2.75) is 25.9 Å². The van der Waals surface area contributed by atoms with Crippen LogP contribution in [0.4, 0.5) is 10.1 Å². The Morgan fingerprint density at radius 1 is 0.818 bits per heavy atom. The first kappa shape index (κ1) is 21.0. The number of hydrogen-bond acceptors (Lipinski definition) is 4. The van der Waals surface area contributed by atoms with Gasteiger partial charge in [0.15, 0.2) is 0 Å². The van der Waals surface area contributed by atoms with Crippen LogP contribution < -0.4 is 10.3 Å². The van der Waals surface area contributed by atoms with Crippen LogP contribution in [0.5, 0.6) is 0 Å². The van der Waals surface area contributed by atoms with Gasteiger partial charge in [-0.3, -0.25) is 19.4 Å². The quantitative estimate of drug-likeness (QED) is 0.627. The van der Waals surface area contributed by atoms with Gasteiger partial charge in [-0.1, -0.05) is 47.5 Å². The van der Waals surface area contributed by atoms with Crippen LogP contribution in [0, 0.1) is 25.6 Å². The second kappa shape index (κ2) is 7.94. The lowest BCUT2D eigenvalue weighted by atomic mass is 9.91. The first-order valence-electron chi connectivity index (χ1n) is 10.7. The Hall–Kier alpha value is -3.84. The molecule has 0 unspecified atom stereocenters. The highest BCUT2D eigenvalue weighted by Gasteiger charge is 2.60. The van der Waals surface area contributed by atoms with Crippen LogP contribution in [-0.2, 0) is 9.59 Å². The molecule has 5 rings (SSSR count). The van der Waals surface area contributed by atoms with Crippen molar-refractivity contribution in [2.24, 2.45) is 5.92 Å². The zero-order chi connectivity index (χ0) is 23.3. The second-order valence-electron chi connectivity index (χ2n) is 8.52. The molecule has 2 heterocycles. The summed E-state index contributed by atoms with van der Waals surface area (Å²) in [5, 5.41) is 1.26. The third-order valence-corrected chi connectivity index (χ3v) is 6.27. The summed E-state index contributed by atoms with van der Waals surface area (Å²) in [4.78, 5) is 41.6. The van der Waals surface area contributed by atoms with E-state index < -0.39 is 41.5 Å². The fourth-order valence-corrected chi connectivity index (χ4v) is 4.51. The topological polar surface area (TPSA) is 69.7 Å². The number of amides is 3. The highest BCUT2D eigenvalue weighted by molar-refractivity contribution is 6.25. The Bertz CT molecular complexity index is 1240. The fraction of sp³-hybridized carbons (Fsp3) is 0.192. The lowest BCUT2D eigenvalue weighted by Crippen LogP contribution is -2.48. The maximum Gasteiger partial charge on any atom is 0.268 e. The lowest BCUT2D eigenvalue weighted by molar-refractivity contribution is -0.123. The minimum absolute atomic E-state index is 0.394. The summed E-state index contributed by atoms with van der Waals surface area (Å²) in [5.41, 5.74) is 6.57. The number of fused-ring (bicyclic) bond motifs is 1. The largest absolute Gasteiger partial charge is 0.274 e. The van der Waals surface area contributed by atoms with E-state index in [1.54, 1.807) is 36.4 Å². The summed E-state index contributed by atoms with van der Waals surface area (Å²) in [6.45, 7) is 3.84. The zero-order valence-electron chi connectivity index (χ0n) is 18.2. The second-order valence-corrected chi connectivity index (χ2v) is 8.52. The minimum atomic E-state index is -1.01. The number of anilines is 1. The molecule has 3 aromatic carbocycles. The van der Waals surface area contributed by atoms with Gasteiger partial charge in [-0.15, -0.1) is 0 Å². The summed E-state index contributed by atoms with van der Waals surface area (Å²) in [5.74, 6) is -2.50. The Kier molecular flexibility index (Phi) is 5.06. The first-order chi connectivity index (χ1) is 15.8. The maximum atomic E-state index is 13.5. The average molecular weight is 443 g/mol. The van der Waals surface area contributed by atoms with E-state index in [0.717, 1.165) is 16.0 Å². The molecule has 2 aliphatic rings. The monoisotopic (exact) mass is 443 g/mol. The van der Waals surface area contributed by atoms with E-state index >= 15 is 0 Å². The molecular weight excluding hydrogens is 421 g/mol. The summed E-state index contributed by atoms with van der Waals surface area (Å²) in [6.07, 6.45) is 0. The molecule has 2 fully saturated rings. The van der Waals surface area contributed by atoms with Crippen LogP contribution in [0.15, 0.2) is 72.8 Å². The molecule has 0 radical (unpaired) electrons. The lowest BCUT2D eigenvalue weighted by Gasteiger charge is -2.25. The van der Waals surface area contributed by atoms with Gasteiger partial charge in [0.1, 0.15) is 11.9 Å². The van der Waals surface area contributed by atoms with Crippen LogP contribution in [0.2, 0.25) is 0 Å². The van der Waals surface area contributed by atoms with Crippen LogP contribution in [-0.4, -0.2) is 28.8 Å². The number of imide groups is 1. The van der Waals surface area contributed by atoms with Gasteiger partial charge in [0.25, 0.3) is 11.8 Å². The van der Waals surface area contributed by atoms with Gasteiger partial charge in [0.05, 0.1) is 17.6 Å². The predicted molar refractivity (Wildman–Crippen MR) is 121 cm³/mol. The van der Waals surface area contributed by atoms with Crippen LogP contribution in [0.1, 0.15) is 33.1 Å². The number of carbonyl (C=O) groups is 3. The van der Waals surface area contributed by atoms with Gasteiger partial charge in [-0.25, -0.2) is 14.7 Å². The number of nitrogens with zero attached hydrogens (tertiary/aromatic N) is 2. The Morgan fingerprint density at radius 2 is 1.39 bits per heavy atom. The molecule has 0 spiro atoms. The van der Waals surface area contributed by atoms with Crippen molar-refractivity contribution < 1.29 is 18.8 Å². The van der Waals surface area contributed by atoms with Crippen molar-refractivity contribution in [3.63, 3.8) is 0 Å². The van der Waals surface area contributed by atoms with Crippen molar-refractivity contribution in [3.05, 3.63) is 101 Å². The molecule has 6 nitrogen and oxygen atoms in total. The standard InChI is InChI=1S/C26H22FN3O3/c1-15-3-7-18(8-4-15)24(31)30-23-21(22(28-30)17-9-11-19(27)12-10-17)25(32)29(26(23)33)20-13-5-16(2)6-14-20/h3-14,21-23,28H,1-2H3/t21-,22-,23+/m1/s1. The normalized spacial score (nSPS) is 22.1. The number of carbonyl (C=O) groups excluding carboxylic acids is 3. The van der Waals surface area contributed by atoms with Crippen molar-refractivity contribution in [3.8, 4) is 0 Å². The van der Waals surface area contributed by atoms with Gasteiger partial charge in [-0.05, 0) is 55.8 Å². The molecule has 3 aromatic rings. The Labute approximate surface area is 190 Å². The molecule has 7 heteroatoms. The summed E-state index contributed by atoms with van der Waals surface area (Å²) in [6, 6.07) is 18.2. The number of hydrogen-bond donors (Lipinski definition) is 1. The molecule has 2 aliphatic heterocycles. The van der Waals surface area contributed by atoms with E-state index in [1.165, 1.54) is 17.1 Å². The van der Waals surface area contributed by atoms with E-state index in [2.05, 4.69) is 5.43 Å². The van der Waals surface area contributed by atoms with Crippen molar-refractivity contribution in [1.29, 1.82) is 0 Å². The Balaban J connectivity index is 1.57. The van der Waals surface area contributed by atoms with Gasteiger partial charge in [0.2, 0.25) is 5.91 Å². The molecule has 0 saturated carbocycles. The van der Waals surface area contributed by atoms with Gasteiger partial charge in [-0.2, -0.15) is 0 Å². The number of nitrogens with one attached hydrogen (secondary N) is 1. The summed E-state index contributed by atoms with van der Waals surface area (Å²) < 4.78 is 13.5. The van der Waals surface area contributed by atoms with Crippen molar-refractivity contribution in [2.75, 3.05) is 4.90 Å². The van der Waals surface area contributed by atoms with Crippen molar-refractivity contribution in [1.82, 2.24) is 10.4 Å². The van der Waals surface area contributed by atoms with E-state index in [1.807, 2.05) is 38.1 Å². The highest BCUT2D eigenvalue weighted by Crippen LogP contribution is 2.42. The molecule has 3 amide bonds. The third-order valence-electron chi connectivity index (χ3n) is 6.27. The molecule has 1 N–H and O–H groups in total. The van der Waals surface area contributed by atoms with E-state index in [-0.39, 0.29) is 0 Å². The first-order valence-corrected chi connectivity index (χ1v) is 10.7. The van der Waals surface area contributed by atoms with Crippen LogP contribution in [0.25, 0.3) is 0 Å². The fourth-order valence-electron chi connectivity index (χ4n) is 4.51. The molecule has 3 atom stereocenters. The molecule has 2 saturated heterocycles. The molecule has 33 heavy (non-hydrogen) atoms. The SMILES string of the molecule is Cc1ccc(C(=O)N2N[C@H](c3ccc(F)cc3)[C@H]3C(=O)N(c4ccc(C)cc4)C(=O)[C@H]32)cc1. The zero-order valence-corrected chi connectivity index (χ0v) is 18.2. The highest BCUT2D eigenvalue weighted by atomic mass is 19.1. The molecular formula is C26H22FN3O3. The van der Waals surface area contributed by atoms with E-state index in [9.17, 15) is 18.8 Å². The van der Waals surface area contributed by atoms with E-state index in [0.29, 0.717) is 16.8 Å². The minimum Gasteiger partial charge on any atom is -0.274 e. The van der Waals surface area contributed by atoms with Crippen LogP contribution >= 0.6 is 0 Å². The molecule has 0 aliphatic carbocycles. The van der Waals surface area contributed by atoms with Gasteiger partial charge >= 0.3 is 0 Å². The predicted octanol–water partition coefficient (Wildman–Crippen LogP) is 3.70. The average Bonchev–Trinajstić information content (AvgIpc) is 3.32. The third kappa shape index (κ3) is 3.50. The number of hydrazine groups is 1. The molecule has 0 aromatic heterocycles. The van der Waals surface area contributed by atoms with Crippen LogP contribution in [0.3, 0.4) is 0 Å². The maximum absolute atomic E-state index is 13.5. The smallest absolute Gasteiger partial charge is 0.268 e. The number of benzene rings is 3. The Morgan fingerprint density at radius 3 is 2.00 bits per heavy atom. The molecule has 166 valence electrons. The van der Waals surface area contributed by atoms with Gasteiger partial charge < -0.3 is 0 Å². The summed E-state index contributed by atoms with van der Waals surface area (Å²) >= 11 is 0. The summed E-state index contributed by atoms with van der Waals surface area (Å²) in [7, 11) is 0. The number of rotatable bonds is 3. The van der Waals surface area contributed by atoms with E-state index in [4.69, 9.17) is 0 Å². The number of halogens is 1.